The average Bonchev–Trinajstić information content (AvgIpc) is 2.27. The van der Waals surface area contributed by atoms with E-state index in [0.717, 1.165) is 6.42 Å². The molecule has 0 spiro atoms. The van der Waals surface area contributed by atoms with E-state index in [1.165, 1.54) is 0 Å². The summed E-state index contributed by atoms with van der Waals surface area (Å²) in [6, 6.07) is -0.0870. The zero-order valence-electron chi connectivity index (χ0n) is 16.6. The first-order chi connectivity index (χ1) is 10.2. The number of carbonyl (C=O) groups excluding carboxylic acids is 1. The molecule has 0 radical (unpaired) electrons. The summed E-state index contributed by atoms with van der Waals surface area (Å²) >= 11 is 0. The number of nitrogens with two attached hydrogens (primary N) is 1. The second-order valence-corrected chi connectivity index (χ2v) is 11.1. The van der Waals surface area contributed by atoms with E-state index < -0.39 is 14.6 Å². The van der Waals surface area contributed by atoms with Crippen molar-refractivity contribution < 1.29 is 14.0 Å². The Hall–Kier alpha value is -0.593. The molecule has 0 heterocycles. The molecule has 0 aliphatic heterocycles. The summed E-state index contributed by atoms with van der Waals surface area (Å²) in [5.74, 6) is 0. The van der Waals surface area contributed by atoms with Crippen LogP contribution >= 0.6 is 0 Å². The normalized spacial score (nSPS) is 15.4. The fourth-order valence-corrected chi connectivity index (χ4v) is 3.44. The molecular weight excluding hydrogens is 308 g/mol. The zero-order chi connectivity index (χ0) is 18.4. The van der Waals surface area contributed by atoms with Gasteiger partial charge in [-0.25, -0.2) is 4.79 Å². The molecule has 0 aromatic rings. The maximum atomic E-state index is 12.4. The number of rotatable bonds is 7. The molecule has 1 unspecified atom stereocenters. The van der Waals surface area contributed by atoms with Crippen molar-refractivity contribution in [3.05, 3.63) is 0 Å². The number of carbonyl (C=O) groups is 1. The van der Waals surface area contributed by atoms with Crippen molar-refractivity contribution in [2.45, 2.75) is 85.7 Å². The van der Waals surface area contributed by atoms with Crippen molar-refractivity contribution >= 4 is 15.1 Å². The molecule has 0 aromatic carbocycles. The van der Waals surface area contributed by atoms with Crippen LogP contribution in [0.3, 0.4) is 0 Å². The van der Waals surface area contributed by atoms with Crippen LogP contribution in [0.15, 0.2) is 0 Å². The summed E-state index contributed by atoms with van der Waals surface area (Å²) in [4.78, 5) is 14.1. The van der Waals surface area contributed by atoms with Crippen molar-refractivity contribution in [2.75, 3.05) is 13.1 Å². The third-order valence-corrected chi connectivity index (χ3v) is 4.10. The highest BCUT2D eigenvalue weighted by Crippen LogP contribution is 2.26. The van der Waals surface area contributed by atoms with Gasteiger partial charge in [0.15, 0.2) is 9.04 Å². The largest absolute Gasteiger partial charge is 0.444 e. The van der Waals surface area contributed by atoms with Crippen LogP contribution in [0.2, 0.25) is 13.1 Å². The van der Waals surface area contributed by atoms with E-state index in [0.29, 0.717) is 13.1 Å². The first-order valence-electron chi connectivity index (χ1n) is 8.61. The van der Waals surface area contributed by atoms with Crippen molar-refractivity contribution in [1.82, 2.24) is 4.90 Å². The van der Waals surface area contributed by atoms with Crippen LogP contribution in [-0.4, -0.2) is 50.9 Å². The van der Waals surface area contributed by atoms with Gasteiger partial charge in [0.25, 0.3) is 0 Å². The minimum absolute atomic E-state index is 0.0468. The first-order valence-corrected chi connectivity index (χ1v) is 11.4. The molecular formula is C17H38N2O3Si. The van der Waals surface area contributed by atoms with Crippen molar-refractivity contribution in [3.8, 4) is 0 Å². The summed E-state index contributed by atoms with van der Waals surface area (Å²) in [5.41, 5.74) is 5.44. The van der Waals surface area contributed by atoms with Crippen LogP contribution in [-0.2, 0) is 9.16 Å². The Morgan fingerprint density at radius 3 is 2.04 bits per heavy atom. The number of ether oxygens (including phenoxy) is 1. The smallest absolute Gasteiger partial charge is 0.410 e. The Morgan fingerprint density at radius 1 is 1.17 bits per heavy atom. The SMILES string of the molecule is C[C@@H](N)CN(CCC(O[SiH](C)C)C(C)(C)C)C(=O)OC(C)(C)C. The fraction of sp³-hybridized carbons (Fsp3) is 0.941. The van der Waals surface area contributed by atoms with E-state index in [4.69, 9.17) is 14.9 Å². The van der Waals surface area contributed by atoms with Gasteiger partial charge in [0.1, 0.15) is 5.60 Å². The summed E-state index contributed by atoms with van der Waals surface area (Å²) in [6.45, 7) is 19.5. The Morgan fingerprint density at radius 2 is 1.70 bits per heavy atom. The molecule has 0 aliphatic carbocycles. The molecule has 0 saturated heterocycles. The minimum Gasteiger partial charge on any atom is -0.444 e. The Bertz CT molecular complexity index is 360. The highest BCUT2D eigenvalue weighted by molar-refractivity contribution is 6.48. The molecule has 2 N–H and O–H groups in total. The fourth-order valence-electron chi connectivity index (χ4n) is 2.24. The highest BCUT2D eigenvalue weighted by Gasteiger charge is 2.29. The predicted octanol–water partition coefficient (Wildman–Crippen LogP) is 3.38. The van der Waals surface area contributed by atoms with E-state index in [9.17, 15) is 4.79 Å². The molecule has 1 amide bonds. The molecule has 0 saturated carbocycles. The van der Waals surface area contributed by atoms with Crippen molar-refractivity contribution in [3.63, 3.8) is 0 Å². The van der Waals surface area contributed by atoms with Gasteiger partial charge in [-0.3, -0.25) is 0 Å². The van der Waals surface area contributed by atoms with Crippen LogP contribution in [0.4, 0.5) is 4.79 Å². The summed E-state index contributed by atoms with van der Waals surface area (Å²) in [5, 5.41) is 0. The van der Waals surface area contributed by atoms with Crippen LogP contribution in [0.5, 0.6) is 0 Å². The van der Waals surface area contributed by atoms with Gasteiger partial charge < -0.3 is 19.8 Å². The number of amides is 1. The zero-order valence-corrected chi connectivity index (χ0v) is 17.8. The molecule has 23 heavy (non-hydrogen) atoms. The van der Waals surface area contributed by atoms with E-state index in [-0.39, 0.29) is 23.7 Å². The van der Waals surface area contributed by atoms with Crippen molar-refractivity contribution in [2.24, 2.45) is 11.1 Å². The van der Waals surface area contributed by atoms with Gasteiger partial charge in [-0.2, -0.15) is 0 Å². The lowest BCUT2D eigenvalue weighted by Gasteiger charge is -2.35. The molecule has 0 rings (SSSR count). The maximum absolute atomic E-state index is 12.4. The lowest BCUT2D eigenvalue weighted by molar-refractivity contribution is 0.0168. The predicted molar refractivity (Wildman–Crippen MR) is 99.3 cm³/mol. The Labute approximate surface area is 144 Å². The minimum atomic E-state index is -1.14. The van der Waals surface area contributed by atoms with Crippen LogP contribution in [0.25, 0.3) is 0 Å². The lowest BCUT2D eigenvalue weighted by Crippen LogP contribution is -2.45. The maximum Gasteiger partial charge on any atom is 0.410 e. The third kappa shape index (κ3) is 10.7. The van der Waals surface area contributed by atoms with Gasteiger partial charge in [-0.05, 0) is 52.6 Å². The molecule has 138 valence electrons. The topological polar surface area (TPSA) is 64.8 Å². The molecule has 0 aliphatic rings. The van der Waals surface area contributed by atoms with Crippen LogP contribution in [0.1, 0.15) is 54.9 Å². The van der Waals surface area contributed by atoms with Gasteiger partial charge in [0.2, 0.25) is 0 Å². The third-order valence-electron chi connectivity index (χ3n) is 3.22. The van der Waals surface area contributed by atoms with Crippen molar-refractivity contribution in [1.29, 1.82) is 0 Å². The Balaban J connectivity index is 4.90. The first kappa shape index (κ1) is 22.4. The summed E-state index contributed by atoms with van der Waals surface area (Å²) < 4.78 is 11.7. The lowest BCUT2D eigenvalue weighted by atomic mass is 9.87. The second kappa shape index (κ2) is 9.04. The van der Waals surface area contributed by atoms with Gasteiger partial charge in [0, 0.05) is 19.1 Å². The van der Waals surface area contributed by atoms with Crippen LogP contribution in [0, 0.1) is 5.41 Å². The molecule has 0 aromatic heterocycles. The molecule has 0 bridgehead atoms. The van der Waals surface area contributed by atoms with Crippen LogP contribution < -0.4 is 5.73 Å². The van der Waals surface area contributed by atoms with Gasteiger partial charge in [-0.1, -0.05) is 20.8 Å². The molecule has 0 fully saturated rings. The standard InChI is InChI=1S/C17H38N2O3Si/c1-13(18)12-19(15(20)21-17(5,6)7)11-10-14(16(2,3)4)22-23(8)9/h13-14,23H,10-12,18H2,1-9H3/t13-,14?/m1/s1. The molecule has 5 nitrogen and oxygen atoms in total. The summed E-state index contributed by atoms with van der Waals surface area (Å²) in [6.07, 6.45) is 0.622. The second-order valence-electron chi connectivity index (χ2n) is 8.73. The molecule has 2 atom stereocenters. The average molecular weight is 347 g/mol. The summed E-state index contributed by atoms with van der Waals surface area (Å²) in [7, 11) is -1.14. The highest BCUT2D eigenvalue weighted by atomic mass is 28.3. The number of hydrogen-bond acceptors (Lipinski definition) is 4. The van der Waals surface area contributed by atoms with E-state index >= 15 is 0 Å². The van der Waals surface area contributed by atoms with E-state index in [1.807, 2.05) is 27.7 Å². The molecule has 6 heteroatoms. The van der Waals surface area contributed by atoms with Gasteiger partial charge >= 0.3 is 6.09 Å². The van der Waals surface area contributed by atoms with E-state index in [1.54, 1.807) is 4.90 Å². The van der Waals surface area contributed by atoms with E-state index in [2.05, 4.69) is 33.9 Å². The quantitative estimate of drug-likeness (QED) is 0.718. The van der Waals surface area contributed by atoms with Gasteiger partial charge in [-0.15, -0.1) is 0 Å². The van der Waals surface area contributed by atoms with Gasteiger partial charge in [0.05, 0.1) is 6.10 Å². The monoisotopic (exact) mass is 346 g/mol. The number of hydrogen-bond donors (Lipinski definition) is 1. The Kier molecular flexibility index (Phi) is 8.80. The number of nitrogens with zero attached hydrogens (tertiary/aromatic N) is 1.